The molecular weight excluding hydrogens is 653 g/mol. The summed E-state index contributed by atoms with van der Waals surface area (Å²) in [5.41, 5.74) is 1.78. The lowest BCUT2D eigenvalue weighted by Gasteiger charge is -2.26. The standard InChI is InChI=1S/C34H40N6O6S2/c1-33(2,3)46-29(41)15-17-39(20-23-9-7-6-8-10-23)48(43,44)24-11-13-27-25(19-24)34(16-18-38(4)21-34)22-40(27)32(42)37-31-35-26-12-14-28(45-5)36-30(26)47-31/h6-14,19H,15-18,20-22H2,1-5H3,(H,35,37,42)/t34-/m1/s1. The number of urea groups is 1. The Balaban J connectivity index is 1.31. The Morgan fingerprint density at radius 3 is 2.52 bits per heavy atom. The lowest BCUT2D eigenvalue weighted by molar-refractivity contribution is -0.154. The molecule has 0 aliphatic carbocycles. The lowest BCUT2D eigenvalue weighted by Crippen LogP contribution is -2.40. The van der Waals surface area contributed by atoms with Gasteiger partial charge in [-0.25, -0.2) is 23.2 Å². The number of carbonyl (C=O) groups is 2. The second kappa shape index (κ2) is 13.1. The Morgan fingerprint density at radius 2 is 1.83 bits per heavy atom. The third-order valence-electron chi connectivity index (χ3n) is 8.56. The first kappa shape index (κ1) is 33.8. The summed E-state index contributed by atoms with van der Waals surface area (Å²) in [6.07, 6.45) is 0.673. The number of ether oxygens (including phenoxy) is 2. The van der Waals surface area contributed by atoms with Crippen molar-refractivity contribution in [3.63, 3.8) is 0 Å². The van der Waals surface area contributed by atoms with Crippen LogP contribution in [0.4, 0.5) is 15.6 Å². The molecule has 1 saturated heterocycles. The fraction of sp³-hybridized carbons (Fsp3) is 0.412. The first-order valence-corrected chi connectivity index (χ1v) is 18.0. The van der Waals surface area contributed by atoms with Crippen LogP contribution in [-0.4, -0.2) is 85.5 Å². The zero-order valence-electron chi connectivity index (χ0n) is 27.7. The van der Waals surface area contributed by atoms with E-state index in [0.717, 1.165) is 24.1 Å². The quantitative estimate of drug-likeness (QED) is 0.234. The van der Waals surface area contributed by atoms with Gasteiger partial charge in [0.1, 0.15) is 15.9 Å². The summed E-state index contributed by atoms with van der Waals surface area (Å²) in [5.74, 6) is -0.00918. The van der Waals surface area contributed by atoms with Gasteiger partial charge < -0.3 is 14.4 Å². The Bertz CT molecular complexity index is 1940. The number of nitrogens with one attached hydrogen (secondary N) is 1. The van der Waals surface area contributed by atoms with E-state index in [2.05, 4.69) is 20.2 Å². The average Bonchev–Trinajstić information content (AvgIpc) is 3.72. The SMILES string of the molecule is COc1ccc2nc(NC(=O)N3C[C@]4(CCN(C)C4)c4cc(S(=O)(=O)N(CCC(=O)OC(C)(C)C)Cc5ccccc5)ccc43)sc2n1. The van der Waals surface area contributed by atoms with E-state index in [1.807, 2.05) is 37.4 Å². The van der Waals surface area contributed by atoms with Crippen molar-refractivity contribution < 1.29 is 27.5 Å². The number of fused-ring (bicyclic) bond motifs is 3. The van der Waals surface area contributed by atoms with E-state index in [1.54, 1.807) is 63.1 Å². The van der Waals surface area contributed by atoms with Gasteiger partial charge in [0.25, 0.3) is 0 Å². The molecule has 0 radical (unpaired) electrons. The molecule has 0 unspecified atom stereocenters. The normalized spacial score (nSPS) is 18.1. The molecule has 2 aromatic carbocycles. The average molecular weight is 693 g/mol. The summed E-state index contributed by atoms with van der Waals surface area (Å²) in [6.45, 7) is 7.26. The molecule has 1 spiro atoms. The summed E-state index contributed by atoms with van der Waals surface area (Å²) in [6, 6.07) is 17.4. The predicted octanol–water partition coefficient (Wildman–Crippen LogP) is 5.25. The number of thiazole rings is 1. The lowest BCUT2D eigenvalue weighted by atomic mass is 9.81. The molecule has 2 aliphatic heterocycles. The van der Waals surface area contributed by atoms with Gasteiger partial charge in [0.15, 0.2) is 5.13 Å². The van der Waals surface area contributed by atoms with Crippen LogP contribution in [0.1, 0.15) is 44.7 Å². The molecule has 254 valence electrons. The number of benzene rings is 2. The summed E-state index contributed by atoms with van der Waals surface area (Å²) in [5, 5.41) is 3.34. The maximum absolute atomic E-state index is 14.3. The van der Waals surface area contributed by atoms with Gasteiger partial charge in [0.2, 0.25) is 15.9 Å². The summed E-state index contributed by atoms with van der Waals surface area (Å²) >= 11 is 1.25. The number of esters is 1. The molecular formula is C34H40N6O6S2. The van der Waals surface area contributed by atoms with E-state index < -0.39 is 27.0 Å². The molecule has 4 aromatic rings. The highest BCUT2D eigenvalue weighted by Crippen LogP contribution is 2.47. The van der Waals surface area contributed by atoms with Crippen LogP contribution in [-0.2, 0) is 31.5 Å². The fourth-order valence-corrected chi connectivity index (χ4v) is 8.65. The number of methoxy groups -OCH3 is 1. The van der Waals surface area contributed by atoms with Gasteiger partial charge in [-0.15, -0.1) is 0 Å². The predicted molar refractivity (Wildman–Crippen MR) is 185 cm³/mol. The summed E-state index contributed by atoms with van der Waals surface area (Å²) in [7, 11) is -0.491. The minimum Gasteiger partial charge on any atom is -0.481 e. The van der Waals surface area contributed by atoms with Crippen LogP contribution in [0.2, 0.25) is 0 Å². The largest absolute Gasteiger partial charge is 0.481 e. The van der Waals surface area contributed by atoms with Crippen LogP contribution in [0.15, 0.2) is 65.6 Å². The van der Waals surface area contributed by atoms with Crippen molar-refractivity contribution in [2.75, 3.05) is 50.6 Å². The highest BCUT2D eigenvalue weighted by molar-refractivity contribution is 7.89. The molecule has 1 N–H and O–H groups in total. The topological polar surface area (TPSA) is 134 Å². The molecule has 48 heavy (non-hydrogen) atoms. The van der Waals surface area contributed by atoms with Gasteiger partial charge in [-0.05, 0) is 76.2 Å². The number of likely N-dealkylation sites (tertiary alicyclic amines) is 1. The summed E-state index contributed by atoms with van der Waals surface area (Å²) in [4.78, 5) is 40.0. The van der Waals surface area contributed by atoms with Crippen molar-refractivity contribution in [2.45, 2.75) is 56.1 Å². The number of rotatable bonds is 9. The van der Waals surface area contributed by atoms with E-state index in [-0.39, 0.29) is 30.4 Å². The second-order valence-electron chi connectivity index (χ2n) is 13.3. The zero-order valence-corrected chi connectivity index (χ0v) is 29.4. The highest BCUT2D eigenvalue weighted by atomic mass is 32.2. The molecule has 2 aromatic heterocycles. The van der Waals surface area contributed by atoms with E-state index in [9.17, 15) is 18.0 Å². The van der Waals surface area contributed by atoms with Crippen molar-refractivity contribution >= 4 is 54.5 Å². The third-order valence-corrected chi connectivity index (χ3v) is 11.3. The van der Waals surface area contributed by atoms with Crippen molar-refractivity contribution in [3.05, 3.63) is 71.8 Å². The third kappa shape index (κ3) is 7.02. The first-order valence-electron chi connectivity index (χ1n) is 15.8. The Kier molecular flexibility index (Phi) is 9.20. The maximum Gasteiger partial charge on any atom is 0.328 e. The van der Waals surface area contributed by atoms with Crippen LogP contribution in [0.5, 0.6) is 5.88 Å². The van der Waals surface area contributed by atoms with E-state index in [4.69, 9.17) is 9.47 Å². The van der Waals surface area contributed by atoms with Crippen molar-refractivity contribution in [1.29, 1.82) is 0 Å². The van der Waals surface area contributed by atoms with Gasteiger partial charge in [-0.2, -0.15) is 4.31 Å². The molecule has 0 saturated carbocycles. The van der Waals surface area contributed by atoms with Crippen molar-refractivity contribution in [2.24, 2.45) is 0 Å². The minimum atomic E-state index is -4.06. The van der Waals surface area contributed by atoms with Crippen LogP contribution in [0.3, 0.4) is 0 Å². The number of anilines is 2. The maximum atomic E-state index is 14.3. The number of hydrogen-bond donors (Lipinski definition) is 1. The summed E-state index contributed by atoms with van der Waals surface area (Å²) < 4.78 is 40.7. The smallest absolute Gasteiger partial charge is 0.328 e. The van der Waals surface area contributed by atoms with Crippen LogP contribution < -0.4 is 15.0 Å². The van der Waals surface area contributed by atoms with Gasteiger partial charge in [-0.3, -0.25) is 15.0 Å². The molecule has 6 rings (SSSR count). The van der Waals surface area contributed by atoms with Crippen LogP contribution in [0, 0.1) is 0 Å². The van der Waals surface area contributed by atoms with Gasteiger partial charge >= 0.3 is 12.0 Å². The van der Waals surface area contributed by atoms with Crippen LogP contribution >= 0.6 is 11.3 Å². The van der Waals surface area contributed by atoms with E-state index in [0.29, 0.717) is 40.1 Å². The number of aromatic nitrogens is 2. The van der Waals surface area contributed by atoms with Crippen molar-refractivity contribution in [1.82, 2.24) is 19.2 Å². The van der Waals surface area contributed by atoms with E-state index in [1.165, 1.54) is 15.6 Å². The zero-order chi connectivity index (χ0) is 34.3. The fourth-order valence-electron chi connectivity index (χ4n) is 6.37. The minimum absolute atomic E-state index is 0.0471. The number of hydrogen-bond acceptors (Lipinski definition) is 10. The monoisotopic (exact) mass is 692 g/mol. The molecule has 2 amide bonds. The molecule has 1 fully saturated rings. The highest BCUT2D eigenvalue weighted by Gasteiger charge is 2.49. The van der Waals surface area contributed by atoms with Gasteiger partial charge in [0.05, 0.1) is 18.4 Å². The first-order chi connectivity index (χ1) is 22.8. The molecule has 4 heterocycles. The molecule has 12 nitrogen and oxygen atoms in total. The Morgan fingerprint density at radius 1 is 1.06 bits per heavy atom. The number of likely N-dealkylation sites (N-methyl/N-ethyl adjacent to an activating group) is 1. The molecule has 1 atom stereocenters. The molecule has 2 aliphatic rings. The molecule has 14 heteroatoms. The van der Waals surface area contributed by atoms with Gasteiger partial charge in [0, 0.05) is 43.3 Å². The molecule has 0 bridgehead atoms. The number of carbonyl (C=O) groups excluding carboxylic acids is 2. The van der Waals surface area contributed by atoms with E-state index >= 15 is 0 Å². The number of sulfonamides is 1. The second-order valence-corrected chi connectivity index (χ2v) is 16.2. The Hall–Kier alpha value is -4.11. The Labute approximate surface area is 284 Å². The number of amides is 2. The van der Waals surface area contributed by atoms with Crippen LogP contribution in [0.25, 0.3) is 10.3 Å². The van der Waals surface area contributed by atoms with Crippen molar-refractivity contribution in [3.8, 4) is 5.88 Å². The number of nitrogens with zero attached hydrogens (tertiary/aromatic N) is 5. The van der Waals surface area contributed by atoms with Gasteiger partial charge in [-0.1, -0.05) is 41.7 Å². The number of pyridine rings is 1.